The zero-order valence-electron chi connectivity index (χ0n) is 18.1. The van der Waals surface area contributed by atoms with E-state index in [4.69, 9.17) is 9.72 Å². The Balaban J connectivity index is 1.95. The predicted octanol–water partition coefficient (Wildman–Crippen LogP) is 6.65. The largest absolute Gasteiger partial charge is 0.477 e. The van der Waals surface area contributed by atoms with Gasteiger partial charge in [-0.1, -0.05) is 60.7 Å². The van der Waals surface area contributed by atoms with Crippen molar-refractivity contribution < 1.29 is 9.53 Å². The van der Waals surface area contributed by atoms with Crippen molar-refractivity contribution in [2.24, 2.45) is 0 Å². The lowest BCUT2D eigenvalue weighted by atomic mass is 9.97. The average Bonchev–Trinajstić information content (AvgIpc) is 3.20. The highest BCUT2D eigenvalue weighted by Crippen LogP contribution is 2.44. The lowest BCUT2D eigenvalue weighted by molar-refractivity contribution is 0.101. The first-order valence-electron chi connectivity index (χ1n) is 10.6. The summed E-state index contributed by atoms with van der Waals surface area (Å²) in [4.78, 5) is 22.9. The van der Waals surface area contributed by atoms with Crippen molar-refractivity contribution in [3.63, 3.8) is 0 Å². The molecule has 0 bridgehead atoms. The summed E-state index contributed by atoms with van der Waals surface area (Å²) in [5, 5.41) is 10.9. The van der Waals surface area contributed by atoms with E-state index in [0.717, 1.165) is 37.1 Å². The van der Waals surface area contributed by atoms with Crippen molar-refractivity contribution in [3.05, 3.63) is 77.9 Å². The van der Waals surface area contributed by atoms with Crippen LogP contribution in [0.5, 0.6) is 5.88 Å². The van der Waals surface area contributed by atoms with Gasteiger partial charge in [0.05, 0.1) is 22.5 Å². The van der Waals surface area contributed by atoms with Crippen LogP contribution in [-0.2, 0) is 0 Å². The van der Waals surface area contributed by atoms with Crippen LogP contribution >= 0.6 is 11.3 Å². The number of carbonyl (C=O) groups excluding carboxylic acids is 1. The third kappa shape index (κ3) is 3.53. The van der Waals surface area contributed by atoms with Crippen molar-refractivity contribution in [2.45, 2.75) is 13.8 Å². The van der Waals surface area contributed by atoms with E-state index in [2.05, 4.69) is 11.1 Å². The van der Waals surface area contributed by atoms with Crippen LogP contribution in [0.1, 0.15) is 29.8 Å². The Labute approximate surface area is 194 Å². The third-order valence-corrected chi connectivity index (χ3v) is 6.46. The van der Waals surface area contributed by atoms with Gasteiger partial charge >= 0.3 is 0 Å². The van der Waals surface area contributed by atoms with Crippen molar-refractivity contribution in [3.8, 4) is 34.3 Å². The Bertz CT molecular complexity index is 1550. The summed E-state index contributed by atoms with van der Waals surface area (Å²) >= 11 is 1.45. The number of ketones is 1. The van der Waals surface area contributed by atoms with Crippen LogP contribution in [0.4, 0.5) is 0 Å². The van der Waals surface area contributed by atoms with Crippen molar-refractivity contribution in [2.75, 3.05) is 6.61 Å². The van der Waals surface area contributed by atoms with Crippen LogP contribution in [0.3, 0.4) is 0 Å². The number of hydrogen-bond donors (Lipinski definition) is 0. The molecule has 2 aromatic carbocycles. The average molecular weight is 450 g/mol. The molecule has 0 aliphatic carbocycles. The van der Waals surface area contributed by atoms with Gasteiger partial charge in [-0.2, -0.15) is 5.26 Å². The van der Waals surface area contributed by atoms with E-state index >= 15 is 0 Å². The number of rotatable bonds is 5. The van der Waals surface area contributed by atoms with Gasteiger partial charge in [0, 0.05) is 22.1 Å². The molecule has 6 heteroatoms. The van der Waals surface area contributed by atoms with Gasteiger partial charge in [-0.25, -0.2) is 9.97 Å². The molecule has 5 rings (SSSR count). The number of carbonyl (C=O) groups is 1. The minimum atomic E-state index is -0.0512. The summed E-state index contributed by atoms with van der Waals surface area (Å²) in [5.41, 5.74) is 4.80. The van der Waals surface area contributed by atoms with Crippen LogP contribution < -0.4 is 4.74 Å². The number of ether oxygens (including phenoxy) is 1. The molecule has 3 aromatic heterocycles. The Morgan fingerprint density at radius 3 is 2.30 bits per heavy atom. The summed E-state index contributed by atoms with van der Waals surface area (Å²) in [7, 11) is 0. The van der Waals surface area contributed by atoms with E-state index < -0.39 is 0 Å². The molecular weight excluding hydrogens is 430 g/mol. The molecular formula is C27H19N3O2S. The van der Waals surface area contributed by atoms with E-state index in [0.29, 0.717) is 29.3 Å². The van der Waals surface area contributed by atoms with Crippen LogP contribution in [0.25, 0.3) is 42.8 Å². The second-order valence-corrected chi connectivity index (χ2v) is 8.54. The summed E-state index contributed by atoms with van der Waals surface area (Å²) in [6.45, 7) is 3.82. The number of Topliss-reactive ketones (excluding diaryl/α,β-unsaturated/α-hetero) is 1. The molecule has 0 unspecified atom stereocenters. The van der Waals surface area contributed by atoms with E-state index in [9.17, 15) is 10.1 Å². The third-order valence-electron chi connectivity index (χ3n) is 5.44. The summed E-state index contributed by atoms with van der Waals surface area (Å²) in [6.07, 6.45) is 0. The van der Waals surface area contributed by atoms with Crippen molar-refractivity contribution >= 4 is 37.6 Å². The number of fused-ring (bicyclic) bond motifs is 3. The Morgan fingerprint density at radius 2 is 1.70 bits per heavy atom. The fourth-order valence-corrected chi connectivity index (χ4v) is 5.07. The maximum absolute atomic E-state index is 12.5. The molecule has 5 nitrogen and oxygen atoms in total. The number of thiophene rings is 1. The predicted molar refractivity (Wildman–Crippen MR) is 132 cm³/mol. The molecule has 0 atom stereocenters. The van der Waals surface area contributed by atoms with Gasteiger partial charge in [0.15, 0.2) is 5.78 Å². The van der Waals surface area contributed by atoms with Crippen LogP contribution in [0.15, 0.2) is 66.7 Å². The monoisotopic (exact) mass is 449 g/mol. The van der Waals surface area contributed by atoms with E-state index in [1.54, 1.807) is 6.92 Å². The molecule has 0 amide bonds. The lowest BCUT2D eigenvalue weighted by Gasteiger charge is -2.12. The van der Waals surface area contributed by atoms with Gasteiger partial charge in [0.1, 0.15) is 16.5 Å². The minimum Gasteiger partial charge on any atom is -0.477 e. The molecule has 0 fully saturated rings. The SMILES string of the molecule is CCOc1nc2sc3cc(C(C)=O)c(-c4ccccc4)nc3c2c(-c2ccccc2)c1C#N. The number of nitrogens with zero attached hydrogens (tertiary/aromatic N) is 3. The summed E-state index contributed by atoms with van der Waals surface area (Å²) in [5.74, 6) is 0.262. The molecule has 0 radical (unpaired) electrons. The van der Waals surface area contributed by atoms with E-state index in [-0.39, 0.29) is 5.78 Å². The smallest absolute Gasteiger partial charge is 0.233 e. The molecule has 5 aromatic rings. The van der Waals surface area contributed by atoms with Gasteiger partial charge < -0.3 is 4.74 Å². The number of aromatic nitrogens is 2. The van der Waals surface area contributed by atoms with Gasteiger partial charge in [0.25, 0.3) is 0 Å². The summed E-state index contributed by atoms with van der Waals surface area (Å²) in [6, 6.07) is 23.6. The maximum atomic E-state index is 12.5. The molecule has 0 saturated heterocycles. The first-order valence-corrected chi connectivity index (χ1v) is 11.4. The zero-order chi connectivity index (χ0) is 22.9. The first kappa shape index (κ1) is 20.8. The van der Waals surface area contributed by atoms with Gasteiger partial charge in [-0.15, -0.1) is 11.3 Å². The highest BCUT2D eigenvalue weighted by molar-refractivity contribution is 7.25. The fraction of sp³-hybridized carbons (Fsp3) is 0.111. The van der Waals surface area contributed by atoms with Crippen LogP contribution in [-0.4, -0.2) is 22.4 Å². The Morgan fingerprint density at radius 1 is 1.03 bits per heavy atom. The Kier molecular flexibility index (Phi) is 5.33. The first-order chi connectivity index (χ1) is 16.1. The van der Waals surface area contributed by atoms with Crippen LogP contribution in [0.2, 0.25) is 0 Å². The van der Waals surface area contributed by atoms with E-state index in [1.165, 1.54) is 11.3 Å². The van der Waals surface area contributed by atoms with Gasteiger partial charge in [-0.3, -0.25) is 4.79 Å². The van der Waals surface area contributed by atoms with Crippen molar-refractivity contribution in [1.29, 1.82) is 5.26 Å². The fourth-order valence-electron chi connectivity index (χ4n) is 4.02. The zero-order valence-corrected chi connectivity index (χ0v) is 18.9. The highest BCUT2D eigenvalue weighted by atomic mass is 32.1. The topological polar surface area (TPSA) is 75.9 Å². The van der Waals surface area contributed by atoms with Crippen LogP contribution in [0, 0.1) is 11.3 Å². The second-order valence-electron chi connectivity index (χ2n) is 7.51. The van der Waals surface area contributed by atoms with E-state index in [1.807, 2.05) is 73.7 Å². The molecule has 0 aliphatic rings. The maximum Gasteiger partial charge on any atom is 0.233 e. The molecule has 0 spiro atoms. The normalized spacial score (nSPS) is 10.9. The quantitative estimate of drug-likeness (QED) is 0.281. The standard InChI is InChI=1S/C27H19N3O2S/c1-3-32-26-20(15-28)22(17-10-6-4-7-11-17)23-25-21(33-27(23)30-26)14-19(16(2)31)24(29-25)18-12-8-5-9-13-18/h4-14H,3H2,1-2H3. The molecule has 3 heterocycles. The Hall–Kier alpha value is -4.08. The molecule has 0 aliphatic heterocycles. The second kappa shape index (κ2) is 8.45. The molecule has 0 saturated carbocycles. The molecule has 0 N–H and O–H groups in total. The number of pyridine rings is 2. The highest BCUT2D eigenvalue weighted by Gasteiger charge is 2.24. The number of nitriles is 1. The summed E-state index contributed by atoms with van der Waals surface area (Å²) < 4.78 is 6.59. The minimum absolute atomic E-state index is 0.0512. The number of benzene rings is 2. The van der Waals surface area contributed by atoms with Gasteiger partial charge in [-0.05, 0) is 25.5 Å². The molecule has 160 valence electrons. The number of hydrogen-bond acceptors (Lipinski definition) is 6. The molecule has 33 heavy (non-hydrogen) atoms. The van der Waals surface area contributed by atoms with Crippen molar-refractivity contribution in [1.82, 2.24) is 9.97 Å². The lowest BCUT2D eigenvalue weighted by Crippen LogP contribution is -2.01. The van der Waals surface area contributed by atoms with Gasteiger partial charge in [0.2, 0.25) is 5.88 Å².